The molecule has 0 saturated heterocycles. The maximum absolute atomic E-state index is 12.3. The van der Waals surface area contributed by atoms with Crippen molar-refractivity contribution in [3.8, 4) is 5.95 Å². The third-order valence-corrected chi connectivity index (χ3v) is 3.87. The number of aromatic nitrogens is 4. The first-order valence-electron chi connectivity index (χ1n) is 7.78. The number of rotatable bonds is 6. The molecule has 1 atom stereocenters. The first-order valence-corrected chi connectivity index (χ1v) is 7.78. The fraction of sp³-hybridized carbons (Fsp3) is 0.222. The van der Waals surface area contributed by atoms with Crippen LogP contribution in [0.25, 0.3) is 5.95 Å². The van der Waals surface area contributed by atoms with Crippen molar-refractivity contribution in [2.75, 3.05) is 0 Å². The molecule has 1 unspecified atom stereocenters. The van der Waals surface area contributed by atoms with Crippen molar-refractivity contribution < 1.29 is 4.79 Å². The normalized spacial score (nSPS) is 12.0. The Labute approximate surface area is 139 Å². The van der Waals surface area contributed by atoms with Gasteiger partial charge in [-0.2, -0.15) is 5.10 Å². The van der Waals surface area contributed by atoms with E-state index in [1.807, 2.05) is 37.3 Å². The summed E-state index contributed by atoms with van der Waals surface area (Å²) >= 11 is 0. The van der Waals surface area contributed by atoms with Crippen LogP contribution in [0.1, 0.15) is 30.4 Å². The van der Waals surface area contributed by atoms with Crippen LogP contribution in [0.2, 0.25) is 0 Å². The number of aromatic amines is 1. The lowest BCUT2D eigenvalue weighted by Crippen LogP contribution is -2.20. The zero-order chi connectivity index (χ0) is 16.9. The molecule has 2 aromatic heterocycles. The van der Waals surface area contributed by atoms with E-state index < -0.39 is 0 Å². The molecule has 0 saturated carbocycles. The Bertz CT molecular complexity index is 870. The van der Waals surface area contributed by atoms with E-state index in [0.29, 0.717) is 17.9 Å². The van der Waals surface area contributed by atoms with Gasteiger partial charge in [-0.15, -0.1) is 0 Å². The quantitative estimate of drug-likeness (QED) is 0.755. The number of carbonyl (C=O) groups excluding carboxylic acids is 1. The summed E-state index contributed by atoms with van der Waals surface area (Å²) < 4.78 is 1.46. The maximum Gasteiger partial charge on any atom is 0.255 e. The van der Waals surface area contributed by atoms with Crippen molar-refractivity contribution in [1.82, 2.24) is 19.7 Å². The first kappa shape index (κ1) is 15.9. The summed E-state index contributed by atoms with van der Waals surface area (Å²) in [4.78, 5) is 31.2. The average molecular weight is 322 g/mol. The molecule has 24 heavy (non-hydrogen) atoms. The summed E-state index contributed by atoms with van der Waals surface area (Å²) in [7, 11) is 0. The summed E-state index contributed by atoms with van der Waals surface area (Å²) in [5, 5.41) is 4.01. The number of hydrogen-bond acceptors (Lipinski definition) is 4. The zero-order valence-corrected chi connectivity index (χ0v) is 13.3. The van der Waals surface area contributed by atoms with E-state index in [0.717, 1.165) is 5.56 Å². The van der Waals surface area contributed by atoms with Gasteiger partial charge in [0.1, 0.15) is 5.78 Å². The number of nitrogens with zero attached hydrogens (tertiary/aromatic N) is 3. The number of hydrogen-bond donors (Lipinski definition) is 1. The molecule has 1 N–H and O–H groups in total. The Morgan fingerprint density at radius 2 is 2.04 bits per heavy atom. The Balaban J connectivity index is 1.67. The van der Waals surface area contributed by atoms with Gasteiger partial charge in [-0.25, -0.2) is 9.67 Å². The smallest absolute Gasteiger partial charge is 0.255 e. The van der Waals surface area contributed by atoms with Crippen molar-refractivity contribution in [3.05, 3.63) is 76.5 Å². The van der Waals surface area contributed by atoms with Crippen molar-refractivity contribution in [2.24, 2.45) is 0 Å². The molecule has 122 valence electrons. The van der Waals surface area contributed by atoms with E-state index in [4.69, 9.17) is 0 Å². The number of ketones is 1. The average Bonchev–Trinajstić information content (AvgIpc) is 3.12. The third-order valence-electron chi connectivity index (χ3n) is 3.87. The number of nitrogens with one attached hydrogen (secondary N) is 1. The summed E-state index contributed by atoms with van der Waals surface area (Å²) in [6, 6.07) is 11.6. The van der Waals surface area contributed by atoms with E-state index in [-0.39, 0.29) is 23.7 Å². The Kier molecular flexibility index (Phi) is 4.65. The lowest BCUT2D eigenvalue weighted by Gasteiger charge is -2.10. The van der Waals surface area contributed by atoms with Gasteiger partial charge in [0, 0.05) is 37.0 Å². The van der Waals surface area contributed by atoms with Gasteiger partial charge in [-0.1, -0.05) is 37.3 Å². The number of carbonyl (C=O) groups is 1. The Hall–Kier alpha value is -3.02. The van der Waals surface area contributed by atoms with Gasteiger partial charge in [0.2, 0.25) is 5.95 Å². The fourth-order valence-corrected chi connectivity index (χ4v) is 2.57. The molecule has 0 aliphatic carbocycles. The van der Waals surface area contributed by atoms with Crippen molar-refractivity contribution in [1.29, 1.82) is 0 Å². The monoisotopic (exact) mass is 322 g/mol. The molecule has 0 amide bonds. The second-order valence-electron chi connectivity index (χ2n) is 5.74. The number of H-pyrrole nitrogens is 1. The van der Waals surface area contributed by atoms with Crippen molar-refractivity contribution in [3.63, 3.8) is 0 Å². The lowest BCUT2D eigenvalue weighted by molar-refractivity contribution is -0.118. The van der Waals surface area contributed by atoms with Crippen LogP contribution in [0.5, 0.6) is 0 Å². The van der Waals surface area contributed by atoms with Crippen LogP contribution in [0.3, 0.4) is 0 Å². The van der Waals surface area contributed by atoms with Crippen LogP contribution >= 0.6 is 0 Å². The van der Waals surface area contributed by atoms with Gasteiger partial charge in [-0.05, 0) is 17.5 Å². The number of Topliss-reactive ketones (excluding diaryl/α,β-unsaturated/α-hetero) is 1. The molecule has 0 bridgehead atoms. The van der Waals surface area contributed by atoms with Crippen LogP contribution in [-0.2, 0) is 11.2 Å². The van der Waals surface area contributed by atoms with Gasteiger partial charge in [0.15, 0.2) is 0 Å². The molecule has 3 rings (SSSR count). The molecule has 0 spiro atoms. The van der Waals surface area contributed by atoms with E-state index >= 15 is 0 Å². The molecule has 1 aromatic carbocycles. The van der Waals surface area contributed by atoms with E-state index in [2.05, 4.69) is 15.1 Å². The minimum absolute atomic E-state index is 0.0190. The zero-order valence-electron chi connectivity index (χ0n) is 13.3. The summed E-state index contributed by atoms with van der Waals surface area (Å²) in [6.45, 7) is 2.01. The third kappa shape index (κ3) is 3.65. The maximum atomic E-state index is 12.3. The molecule has 0 radical (unpaired) electrons. The minimum atomic E-state index is -0.309. The fourth-order valence-electron chi connectivity index (χ4n) is 2.57. The predicted molar refractivity (Wildman–Crippen MR) is 90.2 cm³/mol. The SMILES string of the molecule is CC(CC(=O)Cc1cnc(-n2cccn2)[nH]c1=O)c1ccccc1. The molecule has 2 heterocycles. The summed E-state index contributed by atoms with van der Waals surface area (Å²) in [6.07, 6.45) is 5.21. The predicted octanol–water partition coefficient (Wildman–Crippen LogP) is 2.26. The molecule has 0 aliphatic heterocycles. The Morgan fingerprint density at radius 1 is 1.25 bits per heavy atom. The molecule has 6 nitrogen and oxygen atoms in total. The minimum Gasteiger partial charge on any atom is -0.299 e. The summed E-state index contributed by atoms with van der Waals surface area (Å²) in [5.41, 5.74) is 1.18. The Morgan fingerprint density at radius 3 is 2.71 bits per heavy atom. The van der Waals surface area contributed by atoms with Crippen LogP contribution in [0.15, 0.2) is 59.8 Å². The van der Waals surface area contributed by atoms with Crippen LogP contribution in [-0.4, -0.2) is 25.5 Å². The van der Waals surface area contributed by atoms with E-state index in [1.165, 1.54) is 10.9 Å². The largest absolute Gasteiger partial charge is 0.299 e. The molecule has 3 aromatic rings. The second kappa shape index (κ2) is 7.04. The highest BCUT2D eigenvalue weighted by Gasteiger charge is 2.14. The number of benzene rings is 1. The van der Waals surface area contributed by atoms with E-state index in [1.54, 1.807) is 18.5 Å². The van der Waals surface area contributed by atoms with Crippen LogP contribution < -0.4 is 5.56 Å². The van der Waals surface area contributed by atoms with E-state index in [9.17, 15) is 9.59 Å². The van der Waals surface area contributed by atoms with Crippen LogP contribution in [0.4, 0.5) is 0 Å². The molecule has 0 fully saturated rings. The molecular formula is C18H18N4O2. The molecule has 0 aliphatic rings. The summed E-state index contributed by atoms with van der Waals surface area (Å²) in [5.74, 6) is 0.471. The van der Waals surface area contributed by atoms with Crippen LogP contribution in [0, 0.1) is 0 Å². The highest BCUT2D eigenvalue weighted by molar-refractivity contribution is 5.81. The van der Waals surface area contributed by atoms with Gasteiger partial charge >= 0.3 is 0 Å². The van der Waals surface area contributed by atoms with Gasteiger partial charge in [0.05, 0.1) is 0 Å². The van der Waals surface area contributed by atoms with Crippen molar-refractivity contribution in [2.45, 2.75) is 25.7 Å². The van der Waals surface area contributed by atoms with Gasteiger partial charge in [-0.3, -0.25) is 14.6 Å². The molecular weight excluding hydrogens is 304 g/mol. The molecule has 6 heteroatoms. The van der Waals surface area contributed by atoms with Gasteiger partial charge in [0.25, 0.3) is 5.56 Å². The van der Waals surface area contributed by atoms with Gasteiger partial charge < -0.3 is 0 Å². The highest BCUT2D eigenvalue weighted by atomic mass is 16.1. The topological polar surface area (TPSA) is 80.6 Å². The second-order valence-corrected chi connectivity index (χ2v) is 5.74. The lowest BCUT2D eigenvalue weighted by atomic mass is 9.94. The first-order chi connectivity index (χ1) is 11.6. The highest BCUT2D eigenvalue weighted by Crippen LogP contribution is 2.19. The standard InChI is InChI=1S/C18H18N4O2/c1-13(14-6-3-2-4-7-14)10-16(23)11-15-12-19-18(21-17(15)24)22-9-5-8-20-22/h2-9,12-13H,10-11H2,1H3,(H,19,21,24). The van der Waals surface area contributed by atoms with Crippen molar-refractivity contribution >= 4 is 5.78 Å².